The lowest BCUT2D eigenvalue weighted by Gasteiger charge is -2.15. The number of carbonyl (C=O) groups is 1. The van der Waals surface area contributed by atoms with E-state index in [1.54, 1.807) is 20.3 Å². The molecule has 0 spiro atoms. The number of anilines is 2. The summed E-state index contributed by atoms with van der Waals surface area (Å²) in [5.41, 5.74) is 2.42. The molecule has 7 heteroatoms. The topological polar surface area (TPSA) is 68.8 Å². The van der Waals surface area contributed by atoms with Crippen molar-refractivity contribution in [1.29, 1.82) is 0 Å². The fourth-order valence-corrected chi connectivity index (χ4v) is 2.79. The summed E-state index contributed by atoms with van der Waals surface area (Å²) in [6, 6.07) is 9.19. The molecule has 0 saturated carbocycles. The molecule has 2 aromatic carbocycles. The highest BCUT2D eigenvalue weighted by Gasteiger charge is 2.12. The number of carbonyl (C=O) groups excluding carboxylic acids is 1. The van der Waals surface area contributed by atoms with Crippen molar-refractivity contribution in [2.45, 2.75) is 20.4 Å². The number of hydrogen-bond donors (Lipinski definition) is 2. The van der Waals surface area contributed by atoms with Gasteiger partial charge in [0.25, 0.3) is 0 Å². The number of benzene rings is 2. The normalized spacial score (nSPS) is 10.2. The maximum absolute atomic E-state index is 11.2. The van der Waals surface area contributed by atoms with Crippen molar-refractivity contribution in [1.82, 2.24) is 0 Å². The molecule has 0 atom stereocenters. The lowest BCUT2D eigenvalue weighted by atomic mass is 10.2. The minimum absolute atomic E-state index is 0.152. The zero-order valence-electron chi connectivity index (χ0n) is 15.3. The van der Waals surface area contributed by atoms with Crippen molar-refractivity contribution in [3.8, 4) is 17.2 Å². The number of rotatable bonds is 8. The summed E-state index contributed by atoms with van der Waals surface area (Å²) < 4.78 is 16.2. The second-order valence-electron chi connectivity index (χ2n) is 5.49. The molecule has 2 rings (SSSR count). The Morgan fingerprint density at radius 3 is 2.50 bits per heavy atom. The summed E-state index contributed by atoms with van der Waals surface area (Å²) >= 11 is 6.28. The number of ether oxygens (including phenoxy) is 3. The summed E-state index contributed by atoms with van der Waals surface area (Å²) in [5.74, 6) is 1.56. The molecule has 0 heterocycles. The summed E-state index contributed by atoms with van der Waals surface area (Å²) in [5, 5.41) is 6.52. The van der Waals surface area contributed by atoms with Crippen molar-refractivity contribution in [2.24, 2.45) is 0 Å². The summed E-state index contributed by atoms with van der Waals surface area (Å²) in [6.07, 6.45) is 0. The Balaban J connectivity index is 2.16. The highest BCUT2D eigenvalue weighted by molar-refractivity contribution is 6.32. The third kappa shape index (κ3) is 4.95. The first kappa shape index (κ1) is 19.7. The van der Waals surface area contributed by atoms with E-state index in [0.29, 0.717) is 41.1 Å². The Hall–Kier alpha value is -2.60. The van der Waals surface area contributed by atoms with Crippen LogP contribution in [0.3, 0.4) is 0 Å². The molecule has 26 heavy (non-hydrogen) atoms. The average Bonchev–Trinajstić information content (AvgIpc) is 2.60. The smallest absolute Gasteiger partial charge is 0.221 e. The fourth-order valence-electron chi connectivity index (χ4n) is 2.48. The highest BCUT2D eigenvalue weighted by atomic mass is 35.5. The molecular formula is C19H23ClN2O4. The van der Waals surface area contributed by atoms with Crippen LogP contribution < -0.4 is 24.8 Å². The molecule has 0 aliphatic carbocycles. The van der Waals surface area contributed by atoms with E-state index in [2.05, 4.69) is 10.6 Å². The number of amides is 1. The zero-order valence-corrected chi connectivity index (χ0v) is 16.1. The first-order valence-corrected chi connectivity index (χ1v) is 8.55. The van der Waals surface area contributed by atoms with E-state index >= 15 is 0 Å². The maximum atomic E-state index is 11.2. The van der Waals surface area contributed by atoms with Crippen LogP contribution in [0.2, 0.25) is 5.02 Å². The van der Waals surface area contributed by atoms with Gasteiger partial charge in [0.2, 0.25) is 5.91 Å². The number of hydrogen-bond acceptors (Lipinski definition) is 5. The SMILES string of the molecule is CCOc1cc(CNc2ccc(NC(C)=O)c(OC)c2)cc(Cl)c1OC. The Morgan fingerprint density at radius 1 is 1.12 bits per heavy atom. The minimum Gasteiger partial charge on any atom is -0.494 e. The first-order chi connectivity index (χ1) is 12.5. The van der Waals surface area contributed by atoms with Gasteiger partial charge in [-0.05, 0) is 36.8 Å². The van der Waals surface area contributed by atoms with Gasteiger partial charge in [-0.1, -0.05) is 11.6 Å². The van der Waals surface area contributed by atoms with Crippen LogP contribution in [0.4, 0.5) is 11.4 Å². The lowest BCUT2D eigenvalue weighted by molar-refractivity contribution is -0.114. The monoisotopic (exact) mass is 378 g/mol. The molecule has 0 aromatic heterocycles. The van der Waals surface area contributed by atoms with Crippen LogP contribution in [-0.2, 0) is 11.3 Å². The van der Waals surface area contributed by atoms with Gasteiger partial charge in [-0.2, -0.15) is 0 Å². The Labute approximate surface area is 158 Å². The highest BCUT2D eigenvalue weighted by Crippen LogP contribution is 2.36. The van der Waals surface area contributed by atoms with E-state index in [4.69, 9.17) is 25.8 Å². The fraction of sp³-hybridized carbons (Fsp3) is 0.316. The Bertz CT molecular complexity index is 780. The van der Waals surface area contributed by atoms with Gasteiger partial charge in [0.05, 0.1) is 31.5 Å². The van der Waals surface area contributed by atoms with Gasteiger partial charge in [0.1, 0.15) is 5.75 Å². The third-order valence-corrected chi connectivity index (χ3v) is 3.86. The van der Waals surface area contributed by atoms with E-state index in [9.17, 15) is 4.79 Å². The first-order valence-electron chi connectivity index (χ1n) is 8.17. The number of nitrogens with one attached hydrogen (secondary N) is 2. The molecule has 0 saturated heterocycles. The van der Waals surface area contributed by atoms with Crippen molar-refractivity contribution in [2.75, 3.05) is 31.5 Å². The van der Waals surface area contributed by atoms with Crippen molar-refractivity contribution >= 4 is 28.9 Å². The standard InChI is InChI=1S/C19H23ClN2O4/c1-5-26-18-9-13(8-15(20)19(18)25-4)11-21-14-6-7-16(22-12(2)23)17(10-14)24-3/h6-10,21H,5,11H2,1-4H3,(H,22,23). The molecular weight excluding hydrogens is 356 g/mol. The van der Waals surface area contributed by atoms with Crippen LogP contribution in [0, 0.1) is 0 Å². The molecule has 6 nitrogen and oxygen atoms in total. The molecule has 1 amide bonds. The Kier molecular flexibility index (Phi) is 6.97. The van der Waals surface area contributed by atoms with Crippen LogP contribution >= 0.6 is 11.6 Å². The van der Waals surface area contributed by atoms with E-state index in [-0.39, 0.29) is 5.91 Å². The second-order valence-corrected chi connectivity index (χ2v) is 5.90. The van der Waals surface area contributed by atoms with Gasteiger partial charge < -0.3 is 24.8 Å². The molecule has 2 aromatic rings. The molecule has 0 bridgehead atoms. The minimum atomic E-state index is -0.152. The number of methoxy groups -OCH3 is 2. The van der Waals surface area contributed by atoms with Crippen LogP contribution in [0.5, 0.6) is 17.2 Å². The van der Waals surface area contributed by atoms with Crippen LogP contribution in [0.25, 0.3) is 0 Å². The Morgan fingerprint density at radius 2 is 1.88 bits per heavy atom. The molecule has 0 aliphatic heterocycles. The zero-order chi connectivity index (χ0) is 19.1. The van der Waals surface area contributed by atoms with E-state index in [1.807, 2.05) is 31.2 Å². The largest absolute Gasteiger partial charge is 0.494 e. The number of halogens is 1. The quantitative estimate of drug-likeness (QED) is 0.715. The van der Waals surface area contributed by atoms with Gasteiger partial charge in [-0.3, -0.25) is 4.79 Å². The summed E-state index contributed by atoms with van der Waals surface area (Å²) in [6.45, 7) is 4.41. The summed E-state index contributed by atoms with van der Waals surface area (Å²) in [4.78, 5) is 11.2. The predicted octanol–water partition coefficient (Wildman–Crippen LogP) is 4.33. The summed E-state index contributed by atoms with van der Waals surface area (Å²) in [7, 11) is 3.12. The van der Waals surface area contributed by atoms with Crippen LogP contribution in [0.15, 0.2) is 30.3 Å². The van der Waals surface area contributed by atoms with Crippen molar-refractivity contribution < 1.29 is 19.0 Å². The van der Waals surface area contributed by atoms with E-state index < -0.39 is 0 Å². The van der Waals surface area contributed by atoms with Gasteiger partial charge in [-0.15, -0.1) is 0 Å². The van der Waals surface area contributed by atoms with Crippen LogP contribution in [0.1, 0.15) is 19.4 Å². The average molecular weight is 379 g/mol. The molecule has 2 N–H and O–H groups in total. The van der Waals surface area contributed by atoms with E-state index in [0.717, 1.165) is 11.3 Å². The van der Waals surface area contributed by atoms with Crippen LogP contribution in [-0.4, -0.2) is 26.7 Å². The van der Waals surface area contributed by atoms with Gasteiger partial charge in [0, 0.05) is 25.2 Å². The van der Waals surface area contributed by atoms with Crippen molar-refractivity contribution in [3.05, 3.63) is 40.9 Å². The molecule has 0 radical (unpaired) electrons. The molecule has 0 fully saturated rings. The molecule has 140 valence electrons. The van der Waals surface area contributed by atoms with Gasteiger partial charge in [0.15, 0.2) is 11.5 Å². The van der Waals surface area contributed by atoms with E-state index in [1.165, 1.54) is 6.92 Å². The van der Waals surface area contributed by atoms with Crippen molar-refractivity contribution in [3.63, 3.8) is 0 Å². The van der Waals surface area contributed by atoms with Gasteiger partial charge >= 0.3 is 0 Å². The molecule has 0 unspecified atom stereocenters. The maximum Gasteiger partial charge on any atom is 0.221 e. The third-order valence-electron chi connectivity index (χ3n) is 3.58. The lowest BCUT2D eigenvalue weighted by Crippen LogP contribution is -2.08. The molecule has 0 aliphatic rings. The second kappa shape index (κ2) is 9.20. The predicted molar refractivity (Wildman–Crippen MR) is 104 cm³/mol. The van der Waals surface area contributed by atoms with Gasteiger partial charge in [-0.25, -0.2) is 0 Å².